The second-order valence-electron chi connectivity index (χ2n) is 6.47. The van der Waals surface area contributed by atoms with Crippen molar-refractivity contribution in [2.45, 2.75) is 51.1 Å². The number of piperidine rings is 1. The minimum absolute atomic E-state index is 0.291. The molecule has 106 valence electrons. The van der Waals surface area contributed by atoms with Crippen molar-refractivity contribution in [3.05, 3.63) is 0 Å². The number of rotatable bonds is 2. The van der Waals surface area contributed by atoms with E-state index in [1.807, 2.05) is 11.8 Å². The van der Waals surface area contributed by atoms with Crippen molar-refractivity contribution in [1.82, 2.24) is 9.80 Å². The lowest BCUT2D eigenvalue weighted by Gasteiger charge is -2.40. The summed E-state index contributed by atoms with van der Waals surface area (Å²) in [4.78, 5) is 27.6. The molecule has 0 bridgehead atoms. The van der Waals surface area contributed by atoms with Crippen LogP contribution in [0, 0.1) is 5.41 Å². The van der Waals surface area contributed by atoms with Crippen LogP contribution in [0.4, 0.5) is 0 Å². The lowest BCUT2D eigenvalue weighted by atomic mass is 9.80. The molecule has 19 heavy (non-hydrogen) atoms. The van der Waals surface area contributed by atoms with E-state index >= 15 is 0 Å². The van der Waals surface area contributed by atoms with Gasteiger partial charge in [0.2, 0.25) is 5.91 Å². The fourth-order valence-electron chi connectivity index (χ4n) is 3.87. The average Bonchev–Trinajstić information content (AvgIpc) is 2.95. The van der Waals surface area contributed by atoms with E-state index in [4.69, 9.17) is 0 Å². The molecule has 3 aliphatic heterocycles. The molecule has 0 saturated carbocycles. The third-order valence-electron chi connectivity index (χ3n) is 5.33. The number of hydrogen-bond donors (Lipinski definition) is 1. The number of fused-ring (bicyclic) bond motifs is 1. The number of carboxylic acids is 1. The summed E-state index contributed by atoms with van der Waals surface area (Å²) in [6, 6.07) is 0.718. The van der Waals surface area contributed by atoms with Crippen LogP contribution in [0.2, 0.25) is 0 Å². The van der Waals surface area contributed by atoms with Gasteiger partial charge in [0.15, 0.2) is 0 Å². The molecule has 2 unspecified atom stereocenters. The zero-order chi connectivity index (χ0) is 13.6. The number of nitrogens with zero attached hydrogens (tertiary/aromatic N) is 2. The third-order valence-corrected chi connectivity index (χ3v) is 5.33. The second kappa shape index (κ2) is 4.47. The number of aliphatic carboxylic acids is 1. The molecule has 0 aromatic rings. The van der Waals surface area contributed by atoms with Gasteiger partial charge in [0.05, 0.1) is 5.41 Å². The normalized spacial score (nSPS) is 34.6. The molecule has 0 radical (unpaired) electrons. The molecular formula is C14H22N2O3. The minimum Gasteiger partial charge on any atom is -0.481 e. The van der Waals surface area contributed by atoms with Crippen LogP contribution in [0.5, 0.6) is 0 Å². The molecule has 3 heterocycles. The van der Waals surface area contributed by atoms with Crippen LogP contribution < -0.4 is 0 Å². The average molecular weight is 266 g/mol. The predicted molar refractivity (Wildman–Crippen MR) is 69.7 cm³/mol. The molecule has 3 fully saturated rings. The molecule has 5 nitrogen and oxygen atoms in total. The van der Waals surface area contributed by atoms with Gasteiger partial charge in [-0.3, -0.25) is 14.5 Å². The highest BCUT2D eigenvalue weighted by molar-refractivity contribution is 5.80. The van der Waals surface area contributed by atoms with Crippen molar-refractivity contribution in [3.8, 4) is 0 Å². The lowest BCUT2D eigenvalue weighted by Crippen LogP contribution is -2.50. The molecule has 3 rings (SSSR count). The van der Waals surface area contributed by atoms with Crippen LogP contribution in [0.15, 0.2) is 0 Å². The topological polar surface area (TPSA) is 60.9 Å². The van der Waals surface area contributed by atoms with E-state index < -0.39 is 11.4 Å². The zero-order valence-electron chi connectivity index (χ0n) is 11.5. The van der Waals surface area contributed by atoms with Crippen molar-refractivity contribution in [2.24, 2.45) is 5.41 Å². The molecule has 3 saturated heterocycles. The third kappa shape index (κ3) is 2.04. The van der Waals surface area contributed by atoms with Crippen LogP contribution in [-0.2, 0) is 9.59 Å². The largest absolute Gasteiger partial charge is 0.481 e. The van der Waals surface area contributed by atoms with Gasteiger partial charge in [0.1, 0.15) is 0 Å². The van der Waals surface area contributed by atoms with Gasteiger partial charge in [-0.2, -0.15) is 0 Å². The van der Waals surface area contributed by atoms with E-state index in [1.54, 1.807) is 0 Å². The van der Waals surface area contributed by atoms with E-state index in [0.717, 1.165) is 32.5 Å². The SMILES string of the molecule is CC1(C(=O)O)CCN(C2CC(=O)N3CCCC23)CC1. The first-order valence-corrected chi connectivity index (χ1v) is 7.28. The first-order valence-electron chi connectivity index (χ1n) is 7.28. The molecule has 0 aromatic carbocycles. The first kappa shape index (κ1) is 12.9. The molecule has 1 N–H and O–H groups in total. The number of likely N-dealkylation sites (tertiary alicyclic amines) is 1. The highest BCUT2D eigenvalue weighted by Gasteiger charge is 2.47. The van der Waals surface area contributed by atoms with E-state index in [1.165, 1.54) is 0 Å². The maximum Gasteiger partial charge on any atom is 0.309 e. The van der Waals surface area contributed by atoms with Gasteiger partial charge in [-0.1, -0.05) is 0 Å². The van der Waals surface area contributed by atoms with Gasteiger partial charge < -0.3 is 10.0 Å². The van der Waals surface area contributed by atoms with E-state index in [9.17, 15) is 14.7 Å². The Morgan fingerprint density at radius 1 is 1.26 bits per heavy atom. The van der Waals surface area contributed by atoms with Gasteiger partial charge in [-0.15, -0.1) is 0 Å². The molecular weight excluding hydrogens is 244 g/mol. The van der Waals surface area contributed by atoms with Gasteiger partial charge in [0, 0.05) is 25.0 Å². The number of carbonyl (C=O) groups excluding carboxylic acids is 1. The summed E-state index contributed by atoms with van der Waals surface area (Å²) in [6.07, 6.45) is 4.25. The Morgan fingerprint density at radius 2 is 1.95 bits per heavy atom. The predicted octanol–water partition coefficient (Wildman–Crippen LogP) is 0.936. The zero-order valence-corrected chi connectivity index (χ0v) is 11.5. The molecule has 1 amide bonds. The maximum atomic E-state index is 11.9. The standard InChI is InChI=1S/C14H22N2O3/c1-14(13(18)19)4-7-15(8-5-14)11-9-12(17)16-6-2-3-10(11)16/h10-11H,2-9H2,1H3,(H,18,19). The highest BCUT2D eigenvalue weighted by Crippen LogP contribution is 2.37. The van der Waals surface area contributed by atoms with Gasteiger partial charge in [-0.25, -0.2) is 0 Å². The first-order chi connectivity index (χ1) is 9.01. The molecule has 0 aliphatic carbocycles. The molecule has 3 aliphatic rings. The van der Waals surface area contributed by atoms with Crippen molar-refractivity contribution >= 4 is 11.9 Å². The number of hydrogen-bond acceptors (Lipinski definition) is 3. The number of carboxylic acid groups (broad SMARTS) is 1. The molecule has 0 aromatic heterocycles. The Labute approximate surface area is 113 Å². The van der Waals surface area contributed by atoms with Crippen molar-refractivity contribution in [1.29, 1.82) is 0 Å². The van der Waals surface area contributed by atoms with Gasteiger partial charge >= 0.3 is 5.97 Å². The molecule has 2 atom stereocenters. The lowest BCUT2D eigenvalue weighted by molar-refractivity contribution is -0.151. The van der Waals surface area contributed by atoms with Crippen LogP contribution in [0.1, 0.15) is 39.0 Å². The van der Waals surface area contributed by atoms with Gasteiger partial charge in [0.25, 0.3) is 0 Å². The van der Waals surface area contributed by atoms with Crippen LogP contribution >= 0.6 is 0 Å². The Hall–Kier alpha value is -1.10. The number of amides is 1. The fraction of sp³-hybridized carbons (Fsp3) is 0.857. The summed E-state index contributed by atoms with van der Waals surface area (Å²) in [5, 5.41) is 9.26. The van der Waals surface area contributed by atoms with E-state index in [-0.39, 0.29) is 0 Å². The summed E-state index contributed by atoms with van der Waals surface area (Å²) in [6.45, 7) is 4.38. The van der Waals surface area contributed by atoms with Crippen molar-refractivity contribution in [3.63, 3.8) is 0 Å². The van der Waals surface area contributed by atoms with Gasteiger partial charge in [-0.05, 0) is 45.7 Å². The second-order valence-corrected chi connectivity index (χ2v) is 6.47. The molecule has 5 heteroatoms. The van der Waals surface area contributed by atoms with Crippen molar-refractivity contribution < 1.29 is 14.7 Å². The Bertz CT molecular complexity index is 401. The minimum atomic E-state index is -0.683. The summed E-state index contributed by atoms with van der Waals surface area (Å²) in [5.74, 6) is -0.392. The monoisotopic (exact) mass is 266 g/mol. The summed E-state index contributed by atoms with van der Waals surface area (Å²) < 4.78 is 0. The van der Waals surface area contributed by atoms with Crippen LogP contribution in [0.25, 0.3) is 0 Å². The summed E-state index contributed by atoms with van der Waals surface area (Å²) in [7, 11) is 0. The fourth-order valence-corrected chi connectivity index (χ4v) is 3.87. The highest BCUT2D eigenvalue weighted by atomic mass is 16.4. The smallest absolute Gasteiger partial charge is 0.309 e. The summed E-state index contributed by atoms with van der Waals surface area (Å²) >= 11 is 0. The number of carbonyl (C=O) groups is 2. The van der Waals surface area contributed by atoms with E-state index in [2.05, 4.69) is 4.90 Å². The Morgan fingerprint density at radius 3 is 2.58 bits per heavy atom. The molecule has 0 spiro atoms. The maximum absolute atomic E-state index is 11.9. The van der Waals surface area contributed by atoms with Crippen LogP contribution in [-0.4, -0.2) is 58.5 Å². The Kier molecular flexibility index (Phi) is 3.04. The van der Waals surface area contributed by atoms with Crippen LogP contribution in [0.3, 0.4) is 0 Å². The summed E-state index contributed by atoms with van der Waals surface area (Å²) in [5.41, 5.74) is -0.575. The quantitative estimate of drug-likeness (QED) is 0.808. The van der Waals surface area contributed by atoms with E-state index in [0.29, 0.717) is 37.3 Å². The Balaban J connectivity index is 1.66. The van der Waals surface area contributed by atoms with Crippen molar-refractivity contribution in [2.75, 3.05) is 19.6 Å².